The molecule has 9 atom stereocenters. The number of nitrogens with zero attached hydrogens (tertiary/aromatic N) is 3. The third kappa shape index (κ3) is 13.9. The Bertz CT molecular complexity index is 1520. The van der Waals surface area contributed by atoms with Crippen molar-refractivity contribution in [2.75, 3.05) is 27.7 Å². The second kappa shape index (κ2) is 23.4. The summed E-state index contributed by atoms with van der Waals surface area (Å²) in [7, 11) is 4.35. The van der Waals surface area contributed by atoms with Crippen LogP contribution in [0, 0.1) is 29.6 Å². The van der Waals surface area contributed by atoms with E-state index >= 15 is 0 Å². The Kier molecular flexibility index (Phi) is 20.8. The van der Waals surface area contributed by atoms with Gasteiger partial charge in [0.2, 0.25) is 23.6 Å². The van der Waals surface area contributed by atoms with Crippen molar-refractivity contribution in [1.29, 1.82) is 0 Å². The first-order valence-electron chi connectivity index (χ1n) is 20.6. The number of nitrogens with one attached hydrogen (secondary N) is 2. The monoisotopic (exact) mass is 820 g/mol. The van der Waals surface area contributed by atoms with E-state index < -0.39 is 114 Å². The summed E-state index contributed by atoms with van der Waals surface area (Å²) in [5.74, 6) is -6.78. The lowest BCUT2D eigenvalue weighted by molar-refractivity contribution is -0.160. The zero-order chi connectivity index (χ0) is 44.9. The number of hydrogen-bond donors (Lipinski definition) is 3. The minimum Gasteiger partial charge on any atom is -0.456 e. The average Bonchev–Trinajstić information content (AvgIpc) is 3.16. The molecule has 330 valence electrons. The molecule has 0 aliphatic carbocycles. The van der Waals surface area contributed by atoms with Gasteiger partial charge in [0.05, 0.1) is 12.6 Å². The number of cyclic esters (lactones) is 2. The number of carbonyl (C=O) groups excluding carboxylic acids is 7. The van der Waals surface area contributed by atoms with Crippen molar-refractivity contribution in [2.45, 2.75) is 152 Å². The number of esters is 2. The van der Waals surface area contributed by atoms with E-state index in [1.807, 2.05) is 26.8 Å². The highest BCUT2D eigenvalue weighted by Crippen LogP contribution is 2.25. The molecule has 15 heteroatoms. The van der Waals surface area contributed by atoms with Crippen molar-refractivity contribution in [3.8, 4) is 0 Å². The van der Waals surface area contributed by atoms with Gasteiger partial charge in [0.25, 0.3) is 5.91 Å². The first-order chi connectivity index (χ1) is 26.8. The van der Waals surface area contributed by atoms with Gasteiger partial charge < -0.3 is 39.9 Å². The quantitative estimate of drug-likeness (QED) is 0.253. The molecule has 0 radical (unpaired) electrons. The lowest BCUT2D eigenvalue weighted by Crippen LogP contribution is -2.60. The second-order valence-electron chi connectivity index (χ2n) is 17.0. The number of allylic oxidation sites excluding steroid dienone is 1. The standard InChI is InChI=1S/C43H73N5O10/c1-17-19-27(10)37-29(12)31(49)21-20-28(11)42(55)57-36(25(7)8)38(51)45-34(24(5)6)40(53)48(16)35(26(9)18-2)41(54)46(14)22-32(50)44-33(23(3)4)39(52)47(15)30(13)43(56)58-37/h19-20,23-26,29-31,33-37,49H,17-18,21-22H2,1-16H3,(H,44,50)(H,45,51)/b27-19+,28-20+/t26-,29+,30?,31+,33+,34+,35?,36-,37?/m1/s1. The summed E-state index contributed by atoms with van der Waals surface area (Å²) >= 11 is 0. The molecule has 1 heterocycles. The third-order valence-corrected chi connectivity index (χ3v) is 11.1. The Hall–Kier alpha value is -4.27. The van der Waals surface area contributed by atoms with Crippen LogP contribution in [0.15, 0.2) is 23.3 Å². The van der Waals surface area contributed by atoms with Gasteiger partial charge in [-0.15, -0.1) is 0 Å². The largest absolute Gasteiger partial charge is 0.456 e. The van der Waals surface area contributed by atoms with Gasteiger partial charge in [-0.05, 0) is 62.9 Å². The summed E-state index contributed by atoms with van der Waals surface area (Å²) in [6.07, 6.45) is 1.25. The lowest BCUT2D eigenvalue weighted by atomic mass is 9.90. The maximum atomic E-state index is 14.2. The normalized spacial score (nSPS) is 29.6. The molecule has 0 saturated carbocycles. The smallest absolute Gasteiger partial charge is 0.334 e. The summed E-state index contributed by atoms with van der Waals surface area (Å²) in [4.78, 5) is 100. The molecule has 0 aromatic carbocycles. The number of aliphatic hydroxyl groups is 1. The van der Waals surface area contributed by atoms with Crippen molar-refractivity contribution in [2.24, 2.45) is 29.6 Å². The fraction of sp³-hybridized carbons (Fsp3) is 0.744. The van der Waals surface area contributed by atoms with E-state index in [1.165, 1.54) is 55.8 Å². The zero-order valence-corrected chi connectivity index (χ0v) is 37.9. The van der Waals surface area contributed by atoms with Gasteiger partial charge in [-0.3, -0.25) is 24.0 Å². The second-order valence-corrected chi connectivity index (χ2v) is 17.0. The number of ether oxygens (including phenoxy) is 2. The molecular formula is C43H73N5O10. The molecule has 0 aromatic heterocycles. The Morgan fingerprint density at radius 1 is 0.828 bits per heavy atom. The van der Waals surface area contributed by atoms with Gasteiger partial charge in [-0.1, -0.05) is 87.8 Å². The molecule has 1 aliphatic rings. The molecule has 0 spiro atoms. The van der Waals surface area contributed by atoms with Crippen LogP contribution in [0.4, 0.5) is 0 Å². The molecule has 1 rings (SSSR count). The molecular weight excluding hydrogens is 746 g/mol. The minimum absolute atomic E-state index is 0.0146. The van der Waals surface area contributed by atoms with E-state index in [0.717, 1.165) is 0 Å². The van der Waals surface area contributed by atoms with Gasteiger partial charge in [-0.2, -0.15) is 0 Å². The molecule has 0 aromatic rings. The summed E-state index contributed by atoms with van der Waals surface area (Å²) in [6.45, 7) is 22.1. The van der Waals surface area contributed by atoms with E-state index in [-0.39, 0.29) is 17.9 Å². The third-order valence-electron chi connectivity index (χ3n) is 11.1. The molecule has 15 nitrogen and oxygen atoms in total. The molecule has 58 heavy (non-hydrogen) atoms. The van der Waals surface area contributed by atoms with Crippen LogP contribution in [-0.4, -0.2) is 131 Å². The Balaban J connectivity index is 3.85. The lowest BCUT2D eigenvalue weighted by Gasteiger charge is -2.37. The maximum Gasteiger partial charge on any atom is 0.334 e. The van der Waals surface area contributed by atoms with Gasteiger partial charge in [0.1, 0.15) is 30.3 Å². The molecule has 0 bridgehead atoms. The van der Waals surface area contributed by atoms with Gasteiger partial charge in [0.15, 0.2) is 6.10 Å². The minimum atomic E-state index is -1.28. The first kappa shape index (κ1) is 51.7. The number of likely N-dealkylation sites (N-methyl/N-ethyl adjacent to an activating group) is 3. The highest BCUT2D eigenvalue weighted by Gasteiger charge is 2.40. The van der Waals surface area contributed by atoms with E-state index in [0.29, 0.717) is 18.4 Å². The summed E-state index contributed by atoms with van der Waals surface area (Å²) in [6, 6.07) is -4.26. The average molecular weight is 820 g/mol. The highest BCUT2D eigenvalue weighted by molar-refractivity contribution is 5.96. The van der Waals surface area contributed by atoms with Gasteiger partial charge >= 0.3 is 11.9 Å². The summed E-state index contributed by atoms with van der Waals surface area (Å²) < 4.78 is 11.7. The van der Waals surface area contributed by atoms with Crippen molar-refractivity contribution >= 4 is 41.5 Å². The molecule has 3 N–H and O–H groups in total. The molecule has 3 unspecified atom stereocenters. The van der Waals surface area contributed by atoms with Crippen LogP contribution < -0.4 is 10.6 Å². The maximum absolute atomic E-state index is 14.2. The van der Waals surface area contributed by atoms with Gasteiger partial charge in [-0.25, -0.2) is 9.59 Å². The van der Waals surface area contributed by atoms with Crippen LogP contribution in [0.2, 0.25) is 0 Å². The predicted molar refractivity (Wildman–Crippen MR) is 222 cm³/mol. The van der Waals surface area contributed by atoms with Crippen LogP contribution in [0.25, 0.3) is 0 Å². The topological polar surface area (TPSA) is 192 Å². The van der Waals surface area contributed by atoms with Crippen molar-refractivity contribution in [1.82, 2.24) is 25.3 Å². The van der Waals surface area contributed by atoms with E-state index in [2.05, 4.69) is 10.6 Å². The van der Waals surface area contributed by atoms with Crippen molar-refractivity contribution in [3.63, 3.8) is 0 Å². The van der Waals surface area contributed by atoms with Crippen LogP contribution in [0.5, 0.6) is 0 Å². The molecule has 1 aliphatic heterocycles. The molecule has 0 fully saturated rings. The Morgan fingerprint density at radius 3 is 1.86 bits per heavy atom. The number of aliphatic hydroxyl groups excluding tert-OH is 1. The van der Waals surface area contributed by atoms with E-state index in [1.54, 1.807) is 55.4 Å². The van der Waals surface area contributed by atoms with Crippen LogP contribution in [0.3, 0.4) is 0 Å². The van der Waals surface area contributed by atoms with E-state index in [9.17, 15) is 38.7 Å². The molecule has 5 amide bonds. The van der Waals surface area contributed by atoms with Gasteiger partial charge in [0, 0.05) is 32.6 Å². The van der Waals surface area contributed by atoms with E-state index in [4.69, 9.17) is 9.47 Å². The number of amides is 5. The first-order valence-corrected chi connectivity index (χ1v) is 20.6. The fourth-order valence-corrected chi connectivity index (χ4v) is 6.71. The van der Waals surface area contributed by atoms with Crippen LogP contribution in [-0.2, 0) is 43.0 Å². The Labute approximate surface area is 346 Å². The summed E-state index contributed by atoms with van der Waals surface area (Å²) in [5.41, 5.74) is 0.824. The Morgan fingerprint density at radius 2 is 1.36 bits per heavy atom. The van der Waals surface area contributed by atoms with Crippen molar-refractivity contribution in [3.05, 3.63) is 23.3 Å². The number of rotatable bonds is 7. The predicted octanol–water partition coefficient (Wildman–Crippen LogP) is 3.63. The molecule has 0 saturated heterocycles. The number of carbonyl (C=O) groups is 7. The van der Waals surface area contributed by atoms with Crippen LogP contribution in [0.1, 0.15) is 109 Å². The zero-order valence-electron chi connectivity index (χ0n) is 37.9. The van der Waals surface area contributed by atoms with Crippen LogP contribution >= 0.6 is 0 Å². The number of hydrogen-bond acceptors (Lipinski definition) is 10. The SMILES string of the molecule is CC/C=C(\C)C1OC(=O)C(C)N(C)C(=O)[C@H](C(C)C)NC(=O)CN(C)C(=O)C([C@H](C)CC)N(C)C(=O)[C@H](C(C)C)NC(=O)[C@@H](C(C)C)OC(=O)/C(C)=C/C[C@H](O)[C@@H]1C. The van der Waals surface area contributed by atoms with Crippen molar-refractivity contribution < 1.29 is 48.1 Å². The fourth-order valence-electron chi connectivity index (χ4n) is 6.71. The summed E-state index contributed by atoms with van der Waals surface area (Å²) in [5, 5.41) is 16.8. The highest BCUT2D eigenvalue weighted by atomic mass is 16.6.